The Balaban J connectivity index is 1.81. The highest BCUT2D eigenvalue weighted by atomic mass is 32.1. The third-order valence-electron chi connectivity index (χ3n) is 4.61. The molecule has 1 aliphatic rings. The fourth-order valence-electron chi connectivity index (χ4n) is 3.15. The standard InChI is InChI=1S/C19H33N5O2S/c1-4-7-20-19-21-16(15-27-19)18(26)24-12-10-22(11-13-24)14-17(25)23(8-5-2)9-6-3/h15H,4-14H2,1-3H3,(H,20,21). The van der Waals surface area contributed by atoms with Gasteiger partial charge >= 0.3 is 0 Å². The van der Waals surface area contributed by atoms with Crippen LogP contribution in [0.5, 0.6) is 0 Å². The van der Waals surface area contributed by atoms with E-state index in [1.165, 1.54) is 11.3 Å². The Kier molecular flexibility index (Phi) is 9.00. The van der Waals surface area contributed by atoms with Gasteiger partial charge in [0, 0.05) is 51.2 Å². The molecule has 0 saturated carbocycles. The van der Waals surface area contributed by atoms with Gasteiger partial charge in [0.2, 0.25) is 5.91 Å². The van der Waals surface area contributed by atoms with Crippen molar-refractivity contribution in [2.45, 2.75) is 40.0 Å². The molecule has 7 nitrogen and oxygen atoms in total. The molecule has 2 heterocycles. The summed E-state index contributed by atoms with van der Waals surface area (Å²) in [7, 11) is 0. The van der Waals surface area contributed by atoms with E-state index < -0.39 is 0 Å². The first-order valence-corrected chi connectivity index (χ1v) is 11.0. The highest BCUT2D eigenvalue weighted by molar-refractivity contribution is 7.13. The minimum atomic E-state index is -0.0135. The number of nitrogens with zero attached hydrogens (tertiary/aromatic N) is 4. The monoisotopic (exact) mass is 395 g/mol. The lowest BCUT2D eigenvalue weighted by Crippen LogP contribution is -2.51. The lowest BCUT2D eigenvalue weighted by molar-refractivity contribution is -0.132. The fourth-order valence-corrected chi connectivity index (χ4v) is 3.86. The fraction of sp³-hybridized carbons (Fsp3) is 0.737. The van der Waals surface area contributed by atoms with Crippen molar-refractivity contribution < 1.29 is 9.59 Å². The number of anilines is 1. The molecule has 152 valence electrons. The van der Waals surface area contributed by atoms with E-state index in [2.05, 4.69) is 36.0 Å². The normalized spacial score (nSPS) is 15.0. The summed E-state index contributed by atoms with van der Waals surface area (Å²) < 4.78 is 0. The SMILES string of the molecule is CCCNc1nc(C(=O)N2CCN(CC(=O)N(CCC)CCC)CC2)cs1. The summed E-state index contributed by atoms with van der Waals surface area (Å²) in [5.74, 6) is 0.185. The molecule has 27 heavy (non-hydrogen) atoms. The molecular formula is C19H33N5O2S. The minimum absolute atomic E-state index is 0.0135. The minimum Gasteiger partial charge on any atom is -0.362 e. The van der Waals surface area contributed by atoms with Crippen LogP contribution in [0.25, 0.3) is 0 Å². The predicted molar refractivity (Wildman–Crippen MR) is 110 cm³/mol. The predicted octanol–water partition coefficient (Wildman–Crippen LogP) is 2.37. The van der Waals surface area contributed by atoms with E-state index in [-0.39, 0.29) is 11.8 Å². The van der Waals surface area contributed by atoms with Gasteiger partial charge in [-0.2, -0.15) is 0 Å². The van der Waals surface area contributed by atoms with Gasteiger partial charge in [0.25, 0.3) is 5.91 Å². The molecule has 1 aromatic heterocycles. The van der Waals surface area contributed by atoms with Gasteiger partial charge in [-0.25, -0.2) is 4.98 Å². The number of piperazine rings is 1. The largest absolute Gasteiger partial charge is 0.362 e. The average Bonchev–Trinajstić information content (AvgIpc) is 3.15. The molecule has 0 spiro atoms. The number of thiazole rings is 1. The van der Waals surface area contributed by atoms with Crippen molar-refractivity contribution in [3.63, 3.8) is 0 Å². The van der Waals surface area contributed by atoms with Gasteiger partial charge in [-0.05, 0) is 19.3 Å². The van der Waals surface area contributed by atoms with Gasteiger partial charge in [-0.15, -0.1) is 11.3 Å². The lowest BCUT2D eigenvalue weighted by Gasteiger charge is -2.35. The molecule has 0 aliphatic carbocycles. The number of rotatable bonds is 10. The van der Waals surface area contributed by atoms with Crippen molar-refractivity contribution in [3.05, 3.63) is 11.1 Å². The Bertz CT molecular complexity index is 593. The second kappa shape index (κ2) is 11.2. The van der Waals surface area contributed by atoms with Crippen molar-refractivity contribution >= 4 is 28.3 Å². The highest BCUT2D eigenvalue weighted by Crippen LogP contribution is 2.17. The van der Waals surface area contributed by atoms with E-state index in [0.717, 1.165) is 57.1 Å². The summed E-state index contributed by atoms with van der Waals surface area (Å²) in [5, 5.41) is 5.84. The molecule has 1 fully saturated rings. The second-order valence-electron chi connectivity index (χ2n) is 6.91. The maximum absolute atomic E-state index is 12.6. The summed E-state index contributed by atoms with van der Waals surface area (Å²) >= 11 is 1.47. The van der Waals surface area contributed by atoms with Crippen LogP contribution in [0, 0.1) is 0 Å². The van der Waals surface area contributed by atoms with Gasteiger partial charge in [0.1, 0.15) is 5.69 Å². The zero-order valence-electron chi connectivity index (χ0n) is 16.9. The van der Waals surface area contributed by atoms with Crippen molar-refractivity contribution in [3.8, 4) is 0 Å². The van der Waals surface area contributed by atoms with Crippen LogP contribution in [0.1, 0.15) is 50.5 Å². The first-order chi connectivity index (χ1) is 13.1. The maximum Gasteiger partial charge on any atom is 0.273 e. The summed E-state index contributed by atoms with van der Waals surface area (Å²) in [6.45, 7) is 12.0. The number of hydrogen-bond donors (Lipinski definition) is 1. The molecule has 0 unspecified atom stereocenters. The van der Waals surface area contributed by atoms with Crippen molar-refractivity contribution in [1.82, 2.24) is 19.7 Å². The number of carbonyl (C=O) groups excluding carboxylic acids is 2. The Labute approximate surface area is 166 Å². The van der Waals surface area contributed by atoms with Gasteiger partial charge in [0.05, 0.1) is 6.54 Å². The van der Waals surface area contributed by atoms with Crippen LogP contribution in [0.4, 0.5) is 5.13 Å². The molecule has 1 aliphatic heterocycles. The molecule has 0 bridgehead atoms. The number of nitrogens with one attached hydrogen (secondary N) is 1. The van der Waals surface area contributed by atoms with Gasteiger partial charge < -0.3 is 15.1 Å². The maximum atomic E-state index is 12.6. The van der Waals surface area contributed by atoms with Gasteiger partial charge in [-0.1, -0.05) is 20.8 Å². The number of carbonyl (C=O) groups is 2. The summed E-state index contributed by atoms with van der Waals surface area (Å²) in [4.78, 5) is 35.5. The molecule has 0 aromatic carbocycles. The van der Waals surface area contributed by atoms with Gasteiger partial charge in [-0.3, -0.25) is 14.5 Å². The van der Waals surface area contributed by atoms with Crippen LogP contribution in [-0.2, 0) is 4.79 Å². The van der Waals surface area contributed by atoms with E-state index >= 15 is 0 Å². The Morgan fingerprint density at radius 2 is 1.78 bits per heavy atom. The highest BCUT2D eigenvalue weighted by Gasteiger charge is 2.25. The Hall–Kier alpha value is -1.67. The smallest absolute Gasteiger partial charge is 0.273 e. The molecule has 2 rings (SSSR count). The van der Waals surface area contributed by atoms with Crippen molar-refractivity contribution in [2.75, 3.05) is 57.7 Å². The van der Waals surface area contributed by atoms with Crippen LogP contribution in [0.3, 0.4) is 0 Å². The van der Waals surface area contributed by atoms with Gasteiger partial charge in [0.15, 0.2) is 5.13 Å². The van der Waals surface area contributed by atoms with Crippen molar-refractivity contribution in [1.29, 1.82) is 0 Å². The molecule has 1 saturated heterocycles. The zero-order chi connectivity index (χ0) is 19.6. The Morgan fingerprint density at radius 1 is 1.11 bits per heavy atom. The third-order valence-corrected chi connectivity index (χ3v) is 5.41. The quantitative estimate of drug-likeness (QED) is 0.659. The van der Waals surface area contributed by atoms with Crippen LogP contribution in [-0.4, -0.2) is 83.9 Å². The first kappa shape index (κ1) is 21.6. The molecule has 1 N–H and O–H groups in total. The average molecular weight is 396 g/mol. The van der Waals surface area contributed by atoms with Crippen LogP contribution in [0.2, 0.25) is 0 Å². The molecule has 1 aromatic rings. The topological polar surface area (TPSA) is 68.8 Å². The van der Waals surface area contributed by atoms with Crippen LogP contribution >= 0.6 is 11.3 Å². The lowest BCUT2D eigenvalue weighted by atomic mass is 10.2. The molecular weight excluding hydrogens is 362 g/mol. The van der Waals surface area contributed by atoms with Crippen LogP contribution < -0.4 is 5.32 Å². The first-order valence-electron chi connectivity index (χ1n) is 10.1. The third kappa shape index (κ3) is 6.46. The Morgan fingerprint density at radius 3 is 2.37 bits per heavy atom. The molecule has 8 heteroatoms. The number of hydrogen-bond acceptors (Lipinski definition) is 6. The summed E-state index contributed by atoms with van der Waals surface area (Å²) in [6.07, 6.45) is 2.99. The molecule has 0 radical (unpaired) electrons. The zero-order valence-corrected chi connectivity index (χ0v) is 17.7. The van der Waals surface area contributed by atoms with E-state index in [0.29, 0.717) is 25.3 Å². The second-order valence-corrected chi connectivity index (χ2v) is 7.77. The summed E-state index contributed by atoms with van der Waals surface area (Å²) in [6, 6.07) is 0. The number of amides is 2. The van der Waals surface area contributed by atoms with E-state index in [9.17, 15) is 9.59 Å². The summed E-state index contributed by atoms with van der Waals surface area (Å²) in [5.41, 5.74) is 0.514. The van der Waals surface area contributed by atoms with Crippen LogP contribution in [0.15, 0.2) is 5.38 Å². The van der Waals surface area contributed by atoms with E-state index in [4.69, 9.17) is 0 Å². The van der Waals surface area contributed by atoms with E-state index in [1.54, 1.807) is 0 Å². The van der Waals surface area contributed by atoms with E-state index in [1.807, 2.05) is 15.2 Å². The number of aromatic nitrogens is 1. The molecule has 2 amide bonds. The molecule has 0 atom stereocenters. The van der Waals surface area contributed by atoms with Crippen molar-refractivity contribution in [2.24, 2.45) is 0 Å².